The summed E-state index contributed by atoms with van der Waals surface area (Å²) in [6.45, 7) is 7.03. The van der Waals surface area contributed by atoms with E-state index < -0.39 is 0 Å². The van der Waals surface area contributed by atoms with Crippen LogP contribution in [0.4, 0.5) is 0 Å². The summed E-state index contributed by atoms with van der Waals surface area (Å²) >= 11 is 1.57. The van der Waals surface area contributed by atoms with Gasteiger partial charge in [0, 0.05) is 5.56 Å². The first kappa shape index (κ1) is 20.1. The Hall–Kier alpha value is -2.18. The molecular weight excluding hydrogens is 382 g/mol. The van der Waals surface area contributed by atoms with E-state index in [9.17, 15) is 4.79 Å². The van der Waals surface area contributed by atoms with Crippen LogP contribution in [0.5, 0.6) is 5.75 Å². The molecule has 1 saturated heterocycles. The molecule has 4 rings (SSSR count). The molecule has 1 N–H and O–H groups in total. The molecule has 2 aromatic heterocycles. The van der Waals surface area contributed by atoms with E-state index in [1.165, 1.54) is 25.8 Å². The van der Waals surface area contributed by atoms with Gasteiger partial charge < -0.3 is 10.1 Å². The average molecular weight is 412 g/mol. The van der Waals surface area contributed by atoms with E-state index in [1.807, 2.05) is 49.6 Å². The fourth-order valence-electron chi connectivity index (χ4n) is 3.96. The highest BCUT2D eigenvalue weighted by molar-refractivity contribution is 7.17. The lowest BCUT2D eigenvalue weighted by molar-refractivity contribution is 0.275. The van der Waals surface area contributed by atoms with Crippen LogP contribution in [0.3, 0.4) is 0 Å². The predicted molar refractivity (Wildman–Crippen MR) is 120 cm³/mol. The van der Waals surface area contributed by atoms with E-state index in [0.717, 1.165) is 52.6 Å². The maximum absolute atomic E-state index is 12.6. The summed E-state index contributed by atoms with van der Waals surface area (Å²) in [7, 11) is 0. The number of fused-ring (bicyclic) bond motifs is 1. The van der Waals surface area contributed by atoms with Gasteiger partial charge in [0.1, 0.15) is 11.4 Å². The summed E-state index contributed by atoms with van der Waals surface area (Å²) in [6.07, 6.45) is 4.94. The largest absolute Gasteiger partial charge is 0.494 e. The van der Waals surface area contributed by atoms with Crippen LogP contribution >= 0.6 is 11.3 Å². The molecule has 5 nitrogen and oxygen atoms in total. The third kappa shape index (κ3) is 4.54. The molecule has 6 heteroatoms. The van der Waals surface area contributed by atoms with Crippen LogP contribution in [-0.4, -0.2) is 29.5 Å². The number of nitrogens with one attached hydrogen (secondary N) is 1. The first-order valence-electron chi connectivity index (χ1n) is 10.6. The Bertz CT molecular complexity index is 1000. The molecular formula is C23H29N3O2S. The summed E-state index contributed by atoms with van der Waals surface area (Å²) < 4.78 is 8.47. The van der Waals surface area contributed by atoms with Crippen LogP contribution in [0.1, 0.15) is 45.6 Å². The number of ether oxygens (including phenoxy) is 1. The maximum Gasteiger partial charge on any atom is 0.275 e. The third-order valence-electron chi connectivity index (χ3n) is 5.57. The Labute approximate surface area is 175 Å². The molecule has 0 aliphatic carbocycles. The zero-order valence-electron chi connectivity index (χ0n) is 17.2. The lowest BCUT2D eigenvalue weighted by Crippen LogP contribution is -2.29. The van der Waals surface area contributed by atoms with Gasteiger partial charge in [0.25, 0.3) is 5.56 Å². The van der Waals surface area contributed by atoms with Crippen LogP contribution in [-0.2, 0) is 0 Å². The number of hydrogen-bond acceptors (Lipinski definition) is 5. The van der Waals surface area contributed by atoms with Crippen LogP contribution in [0.25, 0.3) is 21.3 Å². The van der Waals surface area contributed by atoms with Gasteiger partial charge in [-0.1, -0.05) is 0 Å². The number of rotatable bonds is 7. The molecule has 1 aliphatic heterocycles. The number of nitrogens with zero attached hydrogens (tertiary/aromatic N) is 2. The van der Waals surface area contributed by atoms with Gasteiger partial charge >= 0.3 is 0 Å². The van der Waals surface area contributed by atoms with Crippen LogP contribution in [0, 0.1) is 5.92 Å². The molecule has 1 unspecified atom stereocenters. The van der Waals surface area contributed by atoms with Crippen LogP contribution < -0.4 is 15.6 Å². The molecule has 0 bridgehead atoms. The summed E-state index contributed by atoms with van der Waals surface area (Å²) in [5.74, 6) is 1.68. The molecule has 0 radical (unpaired) electrons. The van der Waals surface area contributed by atoms with Crippen molar-refractivity contribution in [3.05, 3.63) is 46.1 Å². The molecule has 0 saturated carbocycles. The monoisotopic (exact) mass is 411 g/mol. The Balaban J connectivity index is 1.44. The van der Waals surface area contributed by atoms with Crippen molar-refractivity contribution >= 4 is 21.4 Å². The van der Waals surface area contributed by atoms with E-state index in [4.69, 9.17) is 4.74 Å². The fourth-order valence-corrected chi connectivity index (χ4v) is 4.86. The van der Waals surface area contributed by atoms with Gasteiger partial charge in [-0.3, -0.25) is 4.79 Å². The molecule has 3 aromatic rings. The fraction of sp³-hybridized carbons (Fsp3) is 0.478. The van der Waals surface area contributed by atoms with Gasteiger partial charge in [0.05, 0.1) is 22.7 Å². The summed E-state index contributed by atoms with van der Waals surface area (Å²) in [4.78, 5) is 12.6. The minimum atomic E-state index is -0.0203. The topological polar surface area (TPSA) is 56.1 Å². The van der Waals surface area contributed by atoms with Gasteiger partial charge in [-0.25, -0.2) is 4.68 Å². The Morgan fingerprint density at radius 3 is 2.83 bits per heavy atom. The number of aromatic nitrogens is 2. The number of thiophene rings is 1. The molecule has 1 atom stereocenters. The molecule has 3 heterocycles. The molecule has 1 aliphatic rings. The van der Waals surface area contributed by atoms with Gasteiger partial charge in [-0.15, -0.1) is 11.3 Å². The van der Waals surface area contributed by atoms with Crippen LogP contribution in [0.2, 0.25) is 0 Å². The zero-order chi connectivity index (χ0) is 20.2. The van der Waals surface area contributed by atoms with E-state index in [1.54, 1.807) is 16.0 Å². The number of hydrogen-bond donors (Lipinski definition) is 1. The predicted octanol–water partition coefficient (Wildman–Crippen LogP) is 4.86. The quantitative estimate of drug-likeness (QED) is 0.564. The highest BCUT2D eigenvalue weighted by Gasteiger charge is 2.15. The Kier molecular flexibility index (Phi) is 6.31. The van der Waals surface area contributed by atoms with E-state index in [2.05, 4.69) is 10.4 Å². The van der Waals surface area contributed by atoms with Gasteiger partial charge in [0.15, 0.2) is 0 Å². The van der Waals surface area contributed by atoms with E-state index >= 15 is 0 Å². The highest BCUT2D eigenvalue weighted by atomic mass is 32.1. The van der Waals surface area contributed by atoms with Gasteiger partial charge in [-0.05, 0) is 94.3 Å². The summed E-state index contributed by atoms with van der Waals surface area (Å²) in [5.41, 5.74) is 1.85. The minimum absolute atomic E-state index is 0.0203. The summed E-state index contributed by atoms with van der Waals surface area (Å²) in [5, 5.41) is 10.8. The second-order valence-electron chi connectivity index (χ2n) is 8.08. The normalized spacial score (nSPS) is 17.1. The summed E-state index contributed by atoms with van der Waals surface area (Å²) in [6, 6.07) is 10.00. The van der Waals surface area contributed by atoms with Crippen molar-refractivity contribution in [3.8, 4) is 17.0 Å². The minimum Gasteiger partial charge on any atom is -0.494 e. The third-order valence-corrected chi connectivity index (χ3v) is 6.49. The molecule has 0 amide bonds. The molecule has 29 heavy (non-hydrogen) atoms. The van der Waals surface area contributed by atoms with Gasteiger partial charge in [0.2, 0.25) is 0 Å². The smallest absolute Gasteiger partial charge is 0.275 e. The van der Waals surface area contributed by atoms with Crippen LogP contribution in [0.15, 0.2) is 40.5 Å². The SMILES string of the molecule is CC(C)n1nc(-c2ccc(OCCCC3CCCNC3)cc2)c2sccc2c1=O. The van der Waals surface area contributed by atoms with Crippen molar-refractivity contribution < 1.29 is 4.74 Å². The maximum atomic E-state index is 12.6. The molecule has 0 spiro atoms. The Morgan fingerprint density at radius 2 is 2.10 bits per heavy atom. The second kappa shape index (κ2) is 9.09. The zero-order valence-corrected chi connectivity index (χ0v) is 18.0. The average Bonchev–Trinajstić information content (AvgIpc) is 3.23. The van der Waals surface area contributed by atoms with Crippen molar-refractivity contribution in [1.29, 1.82) is 0 Å². The number of piperidine rings is 1. The lowest BCUT2D eigenvalue weighted by Gasteiger charge is -2.22. The first-order chi connectivity index (χ1) is 14.1. The van der Waals surface area contributed by atoms with Crippen molar-refractivity contribution in [2.45, 2.75) is 45.6 Å². The van der Waals surface area contributed by atoms with E-state index in [-0.39, 0.29) is 11.6 Å². The standard InChI is InChI=1S/C23H29N3O2S/c1-16(2)26-23(27)20-11-14-29-22(20)21(25-26)18-7-9-19(10-8-18)28-13-4-6-17-5-3-12-24-15-17/h7-11,14,16-17,24H,3-6,12-13,15H2,1-2H3. The Morgan fingerprint density at radius 1 is 1.28 bits per heavy atom. The second-order valence-corrected chi connectivity index (χ2v) is 9.00. The van der Waals surface area contributed by atoms with Gasteiger partial charge in [-0.2, -0.15) is 5.10 Å². The van der Waals surface area contributed by atoms with Crippen molar-refractivity contribution in [3.63, 3.8) is 0 Å². The van der Waals surface area contributed by atoms with Crippen molar-refractivity contribution in [2.75, 3.05) is 19.7 Å². The molecule has 1 fully saturated rings. The highest BCUT2D eigenvalue weighted by Crippen LogP contribution is 2.30. The van der Waals surface area contributed by atoms with Crippen molar-refractivity contribution in [2.24, 2.45) is 5.92 Å². The van der Waals surface area contributed by atoms with Crippen molar-refractivity contribution in [1.82, 2.24) is 15.1 Å². The van der Waals surface area contributed by atoms with E-state index in [0.29, 0.717) is 0 Å². The molecule has 1 aromatic carbocycles. The molecule has 154 valence electrons. The first-order valence-corrected chi connectivity index (χ1v) is 11.5. The lowest BCUT2D eigenvalue weighted by atomic mass is 9.95. The number of benzene rings is 1.